The molecule has 3 rings (SSSR count). The quantitative estimate of drug-likeness (QED) is 0.854. The van der Waals surface area contributed by atoms with Crippen LogP contribution in [-0.2, 0) is 9.84 Å². The first-order valence-corrected chi connectivity index (χ1v) is 9.49. The van der Waals surface area contributed by atoms with Crippen LogP contribution in [0.2, 0.25) is 0 Å². The highest BCUT2D eigenvalue weighted by Gasteiger charge is 2.30. The smallest absolute Gasteiger partial charge is 0.317 e. The number of phenolic OH excluding ortho intramolecular Hbond substituents is 1. The van der Waals surface area contributed by atoms with E-state index >= 15 is 0 Å². The molecule has 2 amide bonds. The lowest BCUT2D eigenvalue weighted by Crippen LogP contribution is -2.46. The fourth-order valence-corrected chi connectivity index (χ4v) is 4.64. The summed E-state index contributed by atoms with van der Waals surface area (Å²) in [7, 11) is -2.99. The van der Waals surface area contributed by atoms with E-state index in [1.165, 1.54) is 0 Å². The molecule has 0 unspecified atom stereocenters. The number of carbonyl (C=O) groups excluding carboxylic acids is 1. The average molecular weight is 336 g/mol. The molecule has 1 saturated heterocycles. The van der Waals surface area contributed by atoms with Crippen LogP contribution in [0.3, 0.4) is 0 Å². The summed E-state index contributed by atoms with van der Waals surface area (Å²) in [6, 6.07) is 6.55. The zero-order valence-electron chi connectivity index (χ0n) is 12.7. The Morgan fingerprint density at radius 1 is 1.26 bits per heavy atom. The minimum absolute atomic E-state index is 0.0428. The predicted molar refractivity (Wildman–Crippen MR) is 87.9 cm³/mol. The number of phenols is 1. The maximum atomic E-state index is 12.2. The second kappa shape index (κ2) is 6.23. The van der Waals surface area contributed by atoms with Crippen LogP contribution < -0.4 is 5.32 Å². The first kappa shape index (κ1) is 15.9. The molecule has 1 fully saturated rings. The number of benzene rings is 1. The zero-order chi connectivity index (χ0) is 16.4. The molecule has 0 aromatic heterocycles. The van der Waals surface area contributed by atoms with Crippen molar-refractivity contribution < 1.29 is 18.3 Å². The molecule has 2 aliphatic heterocycles. The Kier molecular flexibility index (Phi) is 4.30. The maximum Gasteiger partial charge on any atom is 0.317 e. The molecule has 124 valence electrons. The Morgan fingerprint density at radius 2 is 2.00 bits per heavy atom. The summed E-state index contributed by atoms with van der Waals surface area (Å²) in [6.45, 7) is 1.10. The Labute approximate surface area is 135 Å². The van der Waals surface area contributed by atoms with Gasteiger partial charge >= 0.3 is 6.03 Å². The van der Waals surface area contributed by atoms with Crippen LogP contribution in [-0.4, -0.2) is 55.1 Å². The summed E-state index contributed by atoms with van der Waals surface area (Å²) in [6.07, 6.45) is 3.23. The van der Waals surface area contributed by atoms with E-state index in [4.69, 9.17) is 0 Å². The minimum Gasteiger partial charge on any atom is -0.508 e. The number of carbonyl (C=O) groups is 1. The van der Waals surface area contributed by atoms with Crippen molar-refractivity contribution in [1.82, 2.24) is 10.2 Å². The lowest BCUT2D eigenvalue weighted by molar-refractivity contribution is 0.200. The topological polar surface area (TPSA) is 86.7 Å². The standard InChI is InChI=1S/C16H20N2O4S/c19-15-3-1-12(2-4-15)13-5-8-18(9-6-13)16(20)17-14-7-10-23(21,22)11-14/h1-5,14,19H,6-11H2,(H,17,20)/t14-/m0/s1. The molecule has 2 heterocycles. The summed E-state index contributed by atoms with van der Waals surface area (Å²) < 4.78 is 22.9. The van der Waals surface area contributed by atoms with Crippen LogP contribution in [0.1, 0.15) is 18.4 Å². The lowest BCUT2D eigenvalue weighted by atomic mass is 9.99. The van der Waals surface area contributed by atoms with E-state index in [0.29, 0.717) is 19.5 Å². The number of amides is 2. The third-order valence-corrected chi connectivity index (χ3v) is 6.06. The van der Waals surface area contributed by atoms with Crippen molar-refractivity contribution in [2.75, 3.05) is 24.6 Å². The number of aromatic hydroxyl groups is 1. The van der Waals surface area contributed by atoms with Gasteiger partial charge in [0, 0.05) is 19.1 Å². The number of sulfone groups is 1. The monoisotopic (exact) mass is 336 g/mol. The van der Waals surface area contributed by atoms with Gasteiger partial charge in [-0.25, -0.2) is 13.2 Å². The maximum absolute atomic E-state index is 12.2. The Bertz CT molecular complexity index is 725. The number of urea groups is 1. The Balaban J connectivity index is 1.57. The second-order valence-electron chi connectivity index (χ2n) is 6.02. The van der Waals surface area contributed by atoms with E-state index in [1.807, 2.05) is 18.2 Å². The molecule has 1 aromatic carbocycles. The molecule has 2 N–H and O–H groups in total. The average Bonchev–Trinajstić information content (AvgIpc) is 2.87. The fraction of sp³-hybridized carbons (Fsp3) is 0.438. The summed E-state index contributed by atoms with van der Waals surface area (Å²) in [5.41, 5.74) is 2.20. The molecule has 0 saturated carbocycles. The fourth-order valence-electron chi connectivity index (χ4n) is 2.97. The van der Waals surface area contributed by atoms with Crippen molar-refractivity contribution in [2.45, 2.75) is 18.9 Å². The van der Waals surface area contributed by atoms with Crippen LogP contribution in [0.15, 0.2) is 30.3 Å². The summed E-state index contributed by atoms with van der Waals surface area (Å²) in [4.78, 5) is 13.9. The van der Waals surface area contributed by atoms with Crippen molar-refractivity contribution >= 4 is 21.4 Å². The second-order valence-corrected chi connectivity index (χ2v) is 8.25. The molecule has 0 radical (unpaired) electrons. The highest BCUT2D eigenvalue weighted by Crippen LogP contribution is 2.24. The Morgan fingerprint density at radius 3 is 2.57 bits per heavy atom. The molecule has 7 heteroatoms. The van der Waals surface area contributed by atoms with Crippen molar-refractivity contribution in [3.8, 4) is 5.75 Å². The van der Waals surface area contributed by atoms with E-state index in [2.05, 4.69) is 5.32 Å². The highest BCUT2D eigenvalue weighted by molar-refractivity contribution is 7.91. The number of nitrogens with one attached hydrogen (secondary N) is 1. The third kappa shape index (κ3) is 3.85. The van der Waals surface area contributed by atoms with Gasteiger partial charge in [-0.3, -0.25) is 0 Å². The molecular formula is C16H20N2O4S. The van der Waals surface area contributed by atoms with E-state index in [-0.39, 0.29) is 29.3 Å². The van der Waals surface area contributed by atoms with Gasteiger partial charge in [0.15, 0.2) is 9.84 Å². The Hall–Kier alpha value is -2.02. The summed E-state index contributed by atoms with van der Waals surface area (Å²) >= 11 is 0. The number of hydrogen-bond acceptors (Lipinski definition) is 4. The van der Waals surface area contributed by atoms with Crippen LogP contribution in [0.4, 0.5) is 4.79 Å². The van der Waals surface area contributed by atoms with Gasteiger partial charge in [-0.1, -0.05) is 18.2 Å². The third-order valence-electron chi connectivity index (χ3n) is 4.29. The van der Waals surface area contributed by atoms with E-state index in [0.717, 1.165) is 17.6 Å². The van der Waals surface area contributed by atoms with Gasteiger partial charge in [0.25, 0.3) is 0 Å². The summed E-state index contributed by atoms with van der Waals surface area (Å²) in [5.74, 6) is 0.432. The van der Waals surface area contributed by atoms with Gasteiger partial charge in [-0.2, -0.15) is 0 Å². The first-order valence-electron chi connectivity index (χ1n) is 7.67. The predicted octanol–water partition coefficient (Wildman–Crippen LogP) is 1.38. The van der Waals surface area contributed by atoms with Crippen LogP contribution in [0.25, 0.3) is 5.57 Å². The van der Waals surface area contributed by atoms with Crippen LogP contribution in [0, 0.1) is 0 Å². The minimum atomic E-state index is -2.99. The van der Waals surface area contributed by atoms with Gasteiger partial charge in [0.1, 0.15) is 5.75 Å². The molecule has 2 aliphatic rings. The van der Waals surface area contributed by atoms with Crippen molar-refractivity contribution in [3.05, 3.63) is 35.9 Å². The normalized spacial score (nSPS) is 23.4. The summed E-state index contributed by atoms with van der Waals surface area (Å²) in [5, 5.41) is 12.1. The van der Waals surface area contributed by atoms with Gasteiger partial charge in [0.2, 0.25) is 0 Å². The van der Waals surface area contributed by atoms with E-state index in [9.17, 15) is 18.3 Å². The zero-order valence-corrected chi connectivity index (χ0v) is 13.6. The van der Waals surface area contributed by atoms with E-state index < -0.39 is 9.84 Å². The molecule has 0 aliphatic carbocycles. The molecule has 1 aromatic rings. The number of rotatable bonds is 2. The van der Waals surface area contributed by atoms with Gasteiger partial charge in [-0.15, -0.1) is 0 Å². The molecule has 23 heavy (non-hydrogen) atoms. The first-order chi connectivity index (χ1) is 10.9. The largest absolute Gasteiger partial charge is 0.508 e. The molecular weight excluding hydrogens is 316 g/mol. The van der Waals surface area contributed by atoms with Crippen LogP contribution in [0.5, 0.6) is 5.75 Å². The molecule has 1 atom stereocenters. The SMILES string of the molecule is O=C(N[C@H]1CCS(=O)(=O)C1)N1CC=C(c2ccc(O)cc2)CC1. The molecule has 0 spiro atoms. The van der Waals surface area contributed by atoms with Gasteiger partial charge in [-0.05, 0) is 36.1 Å². The highest BCUT2D eigenvalue weighted by atomic mass is 32.2. The number of hydrogen-bond donors (Lipinski definition) is 2. The van der Waals surface area contributed by atoms with Gasteiger partial charge in [0.05, 0.1) is 11.5 Å². The number of nitrogens with zero attached hydrogens (tertiary/aromatic N) is 1. The molecule has 0 bridgehead atoms. The van der Waals surface area contributed by atoms with Gasteiger partial charge < -0.3 is 15.3 Å². The van der Waals surface area contributed by atoms with Crippen molar-refractivity contribution in [2.24, 2.45) is 0 Å². The van der Waals surface area contributed by atoms with E-state index in [1.54, 1.807) is 17.0 Å². The van der Waals surface area contributed by atoms with Crippen molar-refractivity contribution in [3.63, 3.8) is 0 Å². The van der Waals surface area contributed by atoms with Crippen LogP contribution >= 0.6 is 0 Å². The lowest BCUT2D eigenvalue weighted by Gasteiger charge is -2.28. The molecule has 6 nitrogen and oxygen atoms in total. The van der Waals surface area contributed by atoms with Crippen molar-refractivity contribution in [1.29, 1.82) is 0 Å².